The number of hydrogen-bond donors (Lipinski definition) is 2. The Labute approximate surface area is 103 Å². The number of hydrogen-bond acceptors (Lipinski definition) is 2. The molecule has 4 nitrogen and oxygen atoms in total. The number of likely N-dealkylation sites (tertiary alicyclic amines) is 1. The number of H-pyrrole nitrogens is 1. The second-order valence-corrected chi connectivity index (χ2v) is 5.16. The van der Waals surface area contributed by atoms with Crippen LogP contribution in [0.5, 0.6) is 0 Å². The van der Waals surface area contributed by atoms with E-state index in [1.165, 1.54) is 0 Å². The van der Waals surface area contributed by atoms with Gasteiger partial charge in [-0.25, -0.2) is 0 Å². The van der Waals surface area contributed by atoms with Crippen molar-refractivity contribution in [3.63, 3.8) is 0 Å². The largest absolute Gasteiger partial charge is 0.394 e. The van der Waals surface area contributed by atoms with Crippen LogP contribution in [0.3, 0.4) is 0 Å². The summed E-state index contributed by atoms with van der Waals surface area (Å²) in [7, 11) is 0. The molecular weight excluding hydrogens is 272 g/mol. The highest BCUT2D eigenvalue weighted by atomic mass is 79.9. The molecule has 1 aliphatic rings. The van der Waals surface area contributed by atoms with Crippen LogP contribution in [-0.2, 0) is 0 Å². The Morgan fingerprint density at radius 1 is 1.75 bits per heavy atom. The van der Waals surface area contributed by atoms with Crippen LogP contribution in [0.1, 0.15) is 23.8 Å². The molecule has 0 bridgehead atoms. The number of aromatic nitrogens is 1. The molecule has 2 N–H and O–H groups in total. The summed E-state index contributed by atoms with van der Waals surface area (Å²) in [6.45, 7) is 2.83. The van der Waals surface area contributed by atoms with Gasteiger partial charge in [0.2, 0.25) is 0 Å². The monoisotopic (exact) mass is 286 g/mol. The standard InChI is InChI=1S/C11H15BrN2O2/c1-7-2-3-14(10(7)6-15)11(16)9-4-8(12)5-13-9/h4-5,7,10,13,15H,2-3,6H2,1H3. The van der Waals surface area contributed by atoms with Gasteiger partial charge < -0.3 is 15.0 Å². The third-order valence-electron chi connectivity index (χ3n) is 3.21. The fourth-order valence-electron chi connectivity index (χ4n) is 2.18. The third kappa shape index (κ3) is 2.01. The summed E-state index contributed by atoms with van der Waals surface area (Å²) < 4.78 is 0.864. The Bertz CT molecular complexity index is 391. The first-order chi connectivity index (χ1) is 7.63. The van der Waals surface area contributed by atoms with Crippen molar-refractivity contribution >= 4 is 21.8 Å². The Morgan fingerprint density at radius 2 is 2.50 bits per heavy atom. The number of amides is 1. The van der Waals surface area contributed by atoms with Crippen LogP contribution >= 0.6 is 15.9 Å². The first-order valence-corrected chi connectivity index (χ1v) is 6.18. The Balaban J connectivity index is 2.16. The first-order valence-electron chi connectivity index (χ1n) is 5.39. The maximum absolute atomic E-state index is 12.1. The van der Waals surface area contributed by atoms with Crippen molar-refractivity contribution in [2.75, 3.05) is 13.2 Å². The van der Waals surface area contributed by atoms with Crippen molar-refractivity contribution in [3.8, 4) is 0 Å². The SMILES string of the molecule is CC1CCN(C(=O)c2cc(Br)c[nH]2)C1CO. The van der Waals surface area contributed by atoms with E-state index < -0.39 is 0 Å². The second kappa shape index (κ2) is 4.59. The molecule has 1 aliphatic heterocycles. The van der Waals surface area contributed by atoms with E-state index in [9.17, 15) is 9.90 Å². The lowest BCUT2D eigenvalue weighted by molar-refractivity contribution is 0.0643. The number of aliphatic hydroxyl groups excluding tert-OH is 1. The molecule has 1 amide bonds. The number of aromatic amines is 1. The van der Waals surface area contributed by atoms with Crippen molar-refractivity contribution in [2.24, 2.45) is 5.92 Å². The minimum atomic E-state index is -0.0467. The number of nitrogens with zero attached hydrogens (tertiary/aromatic N) is 1. The second-order valence-electron chi connectivity index (χ2n) is 4.25. The van der Waals surface area contributed by atoms with E-state index in [1.54, 1.807) is 17.2 Å². The van der Waals surface area contributed by atoms with Gasteiger partial charge >= 0.3 is 0 Å². The Kier molecular flexibility index (Phi) is 3.35. The maximum Gasteiger partial charge on any atom is 0.270 e. The number of aliphatic hydroxyl groups is 1. The zero-order chi connectivity index (χ0) is 11.7. The lowest BCUT2D eigenvalue weighted by atomic mass is 10.0. The molecule has 0 aliphatic carbocycles. The summed E-state index contributed by atoms with van der Waals surface area (Å²) in [5, 5.41) is 9.29. The van der Waals surface area contributed by atoms with E-state index in [1.807, 2.05) is 0 Å². The first kappa shape index (κ1) is 11.7. The fraction of sp³-hybridized carbons (Fsp3) is 0.545. The molecule has 0 spiro atoms. The van der Waals surface area contributed by atoms with Crippen LogP contribution in [-0.4, -0.2) is 40.1 Å². The molecule has 0 radical (unpaired) electrons. The van der Waals surface area contributed by atoms with Crippen molar-refractivity contribution < 1.29 is 9.90 Å². The van der Waals surface area contributed by atoms with Gasteiger partial charge in [0.15, 0.2) is 0 Å². The van der Waals surface area contributed by atoms with Crippen molar-refractivity contribution in [2.45, 2.75) is 19.4 Å². The minimum Gasteiger partial charge on any atom is -0.394 e. The lowest BCUT2D eigenvalue weighted by Gasteiger charge is -2.24. The molecule has 0 aromatic carbocycles. The highest BCUT2D eigenvalue weighted by molar-refractivity contribution is 9.10. The summed E-state index contributed by atoms with van der Waals surface area (Å²) in [6.07, 6.45) is 2.69. The van der Waals surface area contributed by atoms with Gasteiger partial charge in [-0.15, -0.1) is 0 Å². The number of halogens is 1. The van der Waals surface area contributed by atoms with Crippen LogP contribution in [0.25, 0.3) is 0 Å². The topological polar surface area (TPSA) is 56.3 Å². The van der Waals surface area contributed by atoms with Gasteiger partial charge in [-0.3, -0.25) is 4.79 Å². The van der Waals surface area contributed by atoms with Gasteiger partial charge in [-0.1, -0.05) is 6.92 Å². The quantitative estimate of drug-likeness (QED) is 0.868. The van der Waals surface area contributed by atoms with Gasteiger partial charge in [-0.2, -0.15) is 0 Å². The van der Waals surface area contributed by atoms with Gasteiger partial charge in [-0.05, 0) is 34.3 Å². The molecule has 2 unspecified atom stereocenters. The van der Waals surface area contributed by atoms with Crippen LogP contribution < -0.4 is 0 Å². The third-order valence-corrected chi connectivity index (χ3v) is 3.67. The minimum absolute atomic E-state index is 0.0332. The summed E-state index contributed by atoms with van der Waals surface area (Å²) in [6, 6.07) is 1.72. The number of nitrogens with one attached hydrogen (secondary N) is 1. The zero-order valence-electron chi connectivity index (χ0n) is 9.11. The molecule has 1 saturated heterocycles. The lowest BCUT2D eigenvalue weighted by Crippen LogP contribution is -2.39. The highest BCUT2D eigenvalue weighted by Crippen LogP contribution is 2.25. The van der Waals surface area contributed by atoms with Crippen molar-refractivity contribution in [1.29, 1.82) is 0 Å². The van der Waals surface area contributed by atoms with E-state index in [2.05, 4.69) is 27.8 Å². The predicted octanol–water partition coefficient (Wildman–Crippen LogP) is 1.62. The van der Waals surface area contributed by atoms with Crippen molar-refractivity contribution in [3.05, 3.63) is 22.4 Å². The van der Waals surface area contributed by atoms with Crippen molar-refractivity contribution in [1.82, 2.24) is 9.88 Å². The van der Waals surface area contributed by atoms with Gasteiger partial charge in [0.1, 0.15) is 5.69 Å². The molecule has 1 fully saturated rings. The molecule has 2 rings (SSSR count). The average molecular weight is 287 g/mol. The summed E-state index contributed by atoms with van der Waals surface area (Å²) >= 11 is 3.30. The van der Waals surface area contributed by atoms with Crippen LogP contribution in [0.4, 0.5) is 0 Å². The number of carbonyl (C=O) groups excluding carboxylic acids is 1. The molecule has 5 heteroatoms. The Hall–Kier alpha value is -0.810. The summed E-state index contributed by atoms with van der Waals surface area (Å²) in [5.41, 5.74) is 0.569. The Morgan fingerprint density at radius 3 is 3.06 bits per heavy atom. The number of carbonyl (C=O) groups is 1. The van der Waals surface area contributed by atoms with E-state index >= 15 is 0 Å². The van der Waals surface area contributed by atoms with Crippen LogP contribution in [0.15, 0.2) is 16.7 Å². The predicted molar refractivity (Wildman–Crippen MR) is 64.2 cm³/mol. The average Bonchev–Trinajstić information content (AvgIpc) is 2.83. The highest BCUT2D eigenvalue weighted by Gasteiger charge is 2.34. The smallest absolute Gasteiger partial charge is 0.270 e. The number of rotatable bonds is 2. The zero-order valence-corrected chi connectivity index (χ0v) is 10.7. The summed E-state index contributed by atoms with van der Waals surface area (Å²) in [5.74, 6) is 0.335. The van der Waals surface area contributed by atoms with E-state index in [0.29, 0.717) is 11.6 Å². The molecule has 0 saturated carbocycles. The molecule has 2 atom stereocenters. The molecule has 16 heavy (non-hydrogen) atoms. The maximum atomic E-state index is 12.1. The van der Waals surface area contributed by atoms with E-state index in [-0.39, 0.29) is 18.6 Å². The molecule has 1 aromatic rings. The summed E-state index contributed by atoms with van der Waals surface area (Å²) in [4.78, 5) is 16.8. The van der Waals surface area contributed by atoms with Gasteiger partial charge in [0, 0.05) is 17.2 Å². The molecular formula is C11H15BrN2O2. The molecule has 2 heterocycles. The van der Waals surface area contributed by atoms with Crippen LogP contribution in [0.2, 0.25) is 0 Å². The van der Waals surface area contributed by atoms with E-state index in [4.69, 9.17) is 0 Å². The van der Waals surface area contributed by atoms with Crippen LogP contribution in [0, 0.1) is 5.92 Å². The van der Waals surface area contributed by atoms with Gasteiger partial charge in [0.05, 0.1) is 12.6 Å². The molecule has 88 valence electrons. The van der Waals surface area contributed by atoms with E-state index in [0.717, 1.165) is 17.4 Å². The van der Waals surface area contributed by atoms with Gasteiger partial charge in [0.25, 0.3) is 5.91 Å². The molecule has 1 aromatic heterocycles. The fourth-order valence-corrected chi connectivity index (χ4v) is 2.53. The normalized spacial score (nSPS) is 25.1.